The first-order valence-corrected chi connectivity index (χ1v) is 9.44. The molecule has 7 nitrogen and oxygen atoms in total. The molecule has 0 bridgehead atoms. The van der Waals surface area contributed by atoms with E-state index < -0.39 is 6.04 Å². The number of Topliss-reactive ketones (excluding diaryl/α,β-unsaturated/α-hetero) is 1. The number of para-hydroxylation sites is 2. The zero-order valence-electron chi connectivity index (χ0n) is 16.9. The molecule has 0 aliphatic carbocycles. The number of ketones is 1. The number of fused-ring (bicyclic) bond motifs is 1. The van der Waals surface area contributed by atoms with Gasteiger partial charge in [0.1, 0.15) is 17.5 Å². The van der Waals surface area contributed by atoms with Gasteiger partial charge >= 0.3 is 0 Å². The number of nitrogens with one attached hydrogen (secondary N) is 1. The molecule has 0 saturated heterocycles. The highest BCUT2D eigenvalue weighted by Gasteiger charge is 2.33. The molecule has 0 saturated carbocycles. The van der Waals surface area contributed by atoms with Gasteiger partial charge < -0.3 is 14.8 Å². The van der Waals surface area contributed by atoms with Crippen LogP contribution in [-0.4, -0.2) is 36.4 Å². The van der Waals surface area contributed by atoms with Gasteiger partial charge in [-0.15, -0.1) is 0 Å². The van der Waals surface area contributed by atoms with Gasteiger partial charge in [0.25, 0.3) is 5.91 Å². The van der Waals surface area contributed by atoms with E-state index in [-0.39, 0.29) is 30.3 Å². The molecule has 152 valence electrons. The molecule has 0 fully saturated rings. The molecule has 1 atom stereocenters. The number of nitrogens with zero attached hydrogens (tertiary/aromatic N) is 1. The van der Waals surface area contributed by atoms with Crippen LogP contribution in [0.5, 0.6) is 11.5 Å². The minimum Gasteiger partial charge on any atom is -0.489 e. The zero-order chi connectivity index (χ0) is 21.1. The summed E-state index contributed by atoms with van der Waals surface area (Å²) in [5.41, 5.74) is 1.37. The van der Waals surface area contributed by atoms with E-state index in [4.69, 9.17) is 9.47 Å². The minimum absolute atomic E-state index is 0.0526. The summed E-state index contributed by atoms with van der Waals surface area (Å²) in [7, 11) is 0. The van der Waals surface area contributed by atoms with Crippen molar-refractivity contribution in [3.05, 3.63) is 48.0 Å². The molecule has 2 aromatic carbocycles. The van der Waals surface area contributed by atoms with Crippen LogP contribution in [0.2, 0.25) is 0 Å². The largest absolute Gasteiger partial charge is 0.489 e. The number of hydrogen-bond acceptors (Lipinski definition) is 5. The summed E-state index contributed by atoms with van der Waals surface area (Å²) in [6.07, 6.45) is -0.0526. The van der Waals surface area contributed by atoms with Gasteiger partial charge in [-0.25, -0.2) is 0 Å². The highest BCUT2D eigenvalue weighted by molar-refractivity contribution is 6.08. The van der Waals surface area contributed by atoms with Crippen molar-refractivity contribution in [3.63, 3.8) is 0 Å². The SMILES string of the molecule is CC(=O)c1ccc2c(c1)N(C(C)C(=O)Nc1ccccc1OC(C)C)C(=O)CO2. The molecule has 1 N–H and O–H groups in total. The molecule has 2 aromatic rings. The van der Waals surface area contributed by atoms with Gasteiger partial charge in [0, 0.05) is 5.56 Å². The van der Waals surface area contributed by atoms with E-state index >= 15 is 0 Å². The van der Waals surface area contributed by atoms with E-state index in [1.54, 1.807) is 43.3 Å². The van der Waals surface area contributed by atoms with E-state index in [0.29, 0.717) is 28.4 Å². The van der Waals surface area contributed by atoms with Crippen molar-refractivity contribution in [2.45, 2.75) is 39.8 Å². The molecule has 0 aromatic heterocycles. The number of amides is 2. The Labute approximate surface area is 169 Å². The Morgan fingerprint density at radius 2 is 1.86 bits per heavy atom. The maximum absolute atomic E-state index is 13.0. The smallest absolute Gasteiger partial charge is 0.265 e. The Morgan fingerprint density at radius 3 is 2.55 bits per heavy atom. The average Bonchev–Trinajstić information content (AvgIpc) is 2.68. The maximum Gasteiger partial charge on any atom is 0.265 e. The van der Waals surface area contributed by atoms with Crippen molar-refractivity contribution < 1.29 is 23.9 Å². The Balaban J connectivity index is 1.88. The fraction of sp³-hybridized carbons (Fsp3) is 0.318. The van der Waals surface area contributed by atoms with Gasteiger partial charge in [-0.05, 0) is 58.0 Å². The molecule has 0 radical (unpaired) electrons. The van der Waals surface area contributed by atoms with Crippen molar-refractivity contribution in [2.75, 3.05) is 16.8 Å². The summed E-state index contributed by atoms with van der Waals surface area (Å²) in [4.78, 5) is 38.6. The number of carbonyl (C=O) groups is 3. The second kappa shape index (κ2) is 8.34. The van der Waals surface area contributed by atoms with Crippen LogP contribution in [0.1, 0.15) is 38.1 Å². The Hall–Kier alpha value is -3.35. The van der Waals surface area contributed by atoms with Gasteiger partial charge in [-0.3, -0.25) is 19.3 Å². The predicted octanol–water partition coefficient (Wildman–Crippen LogP) is 3.43. The van der Waals surface area contributed by atoms with Crippen molar-refractivity contribution >= 4 is 29.0 Å². The Kier molecular flexibility index (Phi) is 5.87. The average molecular weight is 396 g/mol. The van der Waals surface area contributed by atoms with E-state index in [1.807, 2.05) is 19.9 Å². The molecule has 1 aliphatic heterocycles. The van der Waals surface area contributed by atoms with Crippen molar-refractivity contribution in [2.24, 2.45) is 0 Å². The van der Waals surface area contributed by atoms with Crippen LogP contribution in [0.25, 0.3) is 0 Å². The number of rotatable bonds is 6. The summed E-state index contributed by atoms with van der Waals surface area (Å²) in [5, 5.41) is 2.84. The Morgan fingerprint density at radius 1 is 1.14 bits per heavy atom. The van der Waals surface area contributed by atoms with Gasteiger partial charge in [0.15, 0.2) is 12.4 Å². The Bertz CT molecular complexity index is 954. The van der Waals surface area contributed by atoms with Gasteiger partial charge in [-0.2, -0.15) is 0 Å². The molecule has 1 unspecified atom stereocenters. The highest BCUT2D eigenvalue weighted by atomic mass is 16.5. The molecule has 1 heterocycles. The number of anilines is 2. The van der Waals surface area contributed by atoms with Crippen LogP contribution in [0.4, 0.5) is 11.4 Å². The molecule has 7 heteroatoms. The predicted molar refractivity (Wildman–Crippen MR) is 110 cm³/mol. The van der Waals surface area contributed by atoms with Crippen molar-refractivity contribution in [1.82, 2.24) is 0 Å². The maximum atomic E-state index is 13.0. The first-order chi connectivity index (χ1) is 13.8. The van der Waals surface area contributed by atoms with Gasteiger partial charge in [0.05, 0.1) is 17.5 Å². The molecular formula is C22H24N2O5. The second-order valence-electron chi connectivity index (χ2n) is 7.12. The molecule has 0 spiro atoms. The lowest BCUT2D eigenvalue weighted by Crippen LogP contribution is -2.49. The molecule has 1 aliphatic rings. The van der Waals surface area contributed by atoms with E-state index in [2.05, 4.69) is 5.32 Å². The summed E-state index contributed by atoms with van der Waals surface area (Å²) in [6, 6.07) is 11.2. The first-order valence-electron chi connectivity index (χ1n) is 9.44. The number of carbonyl (C=O) groups excluding carboxylic acids is 3. The third kappa shape index (κ3) is 4.39. The zero-order valence-corrected chi connectivity index (χ0v) is 16.9. The number of hydrogen-bond donors (Lipinski definition) is 1. The van der Waals surface area contributed by atoms with Gasteiger partial charge in [0.2, 0.25) is 5.91 Å². The third-order valence-electron chi connectivity index (χ3n) is 4.52. The first kappa shape index (κ1) is 20.4. The minimum atomic E-state index is -0.820. The summed E-state index contributed by atoms with van der Waals surface area (Å²) in [5.74, 6) is 0.142. The normalized spacial score (nSPS) is 14.1. The molecular weight excluding hydrogens is 372 g/mol. The van der Waals surface area contributed by atoms with Crippen molar-refractivity contribution in [1.29, 1.82) is 0 Å². The monoisotopic (exact) mass is 396 g/mol. The number of benzene rings is 2. The topological polar surface area (TPSA) is 84.9 Å². The van der Waals surface area contributed by atoms with Crippen LogP contribution < -0.4 is 19.7 Å². The standard InChI is InChI=1S/C22H24N2O5/c1-13(2)29-19-8-6-5-7-17(19)23-22(27)14(3)24-18-11-16(15(4)25)9-10-20(18)28-12-21(24)26/h5-11,13-14H,12H2,1-4H3,(H,23,27). The van der Waals surface area contributed by atoms with Crippen LogP contribution in [0, 0.1) is 0 Å². The lowest BCUT2D eigenvalue weighted by molar-refractivity contribution is -0.125. The van der Waals surface area contributed by atoms with E-state index in [1.165, 1.54) is 11.8 Å². The third-order valence-corrected chi connectivity index (χ3v) is 4.52. The number of ether oxygens (including phenoxy) is 2. The van der Waals surface area contributed by atoms with E-state index in [0.717, 1.165) is 0 Å². The van der Waals surface area contributed by atoms with Crippen molar-refractivity contribution in [3.8, 4) is 11.5 Å². The van der Waals surface area contributed by atoms with Crippen LogP contribution in [0.15, 0.2) is 42.5 Å². The molecule has 2 amide bonds. The fourth-order valence-corrected chi connectivity index (χ4v) is 3.10. The highest BCUT2D eigenvalue weighted by Crippen LogP contribution is 2.35. The summed E-state index contributed by atoms with van der Waals surface area (Å²) >= 11 is 0. The quantitative estimate of drug-likeness (QED) is 0.756. The van der Waals surface area contributed by atoms with Crippen LogP contribution in [-0.2, 0) is 9.59 Å². The lowest BCUT2D eigenvalue weighted by Gasteiger charge is -2.33. The summed E-state index contributed by atoms with van der Waals surface area (Å²) < 4.78 is 11.2. The van der Waals surface area contributed by atoms with Gasteiger partial charge in [-0.1, -0.05) is 12.1 Å². The van der Waals surface area contributed by atoms with Crippen LogP contribution in [0.3, 0.4) is 0 Å². The molecule has 3 rings (SSSR count). The second-order valence-corrected chi connectivity index (χ2v) is 7.12. The van der Waals surface area contributed by atoms with Crippen LogP contribution >= 0.6 is 0 Å². The molecule has 29 heavy (non-hydrogen) atoms. The summed E-state index contributed by atoms with van der Waals surface area (Å²) in [6.45, 7) is 6.71. The lowest BCUT2D eigenvalue weighted by atomic mass is 10.1. The van der Waals surface area contributed by atoms with E-state index in [9.17, 15) is 14.4 Å². The fourth-order valence-electron chi connectivity index (χ4n) is 3.10.